The lowest BCUT2D eigenvalue weighted by Gasteiger charge is -2.20. The van der Waals surface area contributed by atoms with E-state index in [1.165, 1.54) is 52.7 Å². The lowest BCUT2D eigenvalue weighted by molar-refractivity contribution is -0.387. The number of hydrogen-bond donors (Lipinski definition) is 0. The first-order chi connectivity index (χ1) is 17.8. The fourth-order valence-corrected chi connectivity index (χ4v) is 4.22. The van der Waals surface area contributed by atoms with Crippen molar-refractivity contribution in [3.05, 3.63) is 91.5 Å². The average Bonchev–Trinajstić information content (AvgIpc) is 3.37. The van der Waals surface area contributed by atoms with Gasteiger partial charge in [-0.3, -0.25) is 20.2 Å². The molecule has 0 aliphatic carbocycles. The summed E-state index contributed by atoms with van der Waals surface area (Å²) in [6.45, 7) is 0. The van der Waals surface area contributed by atoms with Crippen molar-refractivity contribution in [3.8, 4) is 23.0 Å². The predicted octanol–water partition coefficient (Wildman–Crippen LogP) is 5.07. The molecule has 0 saturated carbocycles. The van der Waals surface area contributed by atoms with Gasteiger partial charge in [0, 0.05) is 5.56 Å². The molecule has 1 heterocycles. The zero-order valence-electron chi connectivity index (χ0n) is 20.4. The summed E-state index contributed by atoms with van der Waals surface area (Å²) in [6, 6.07) is 14.2. The minimum absolute atomic E-state index is 0.0927. The molecule has 0 N–H and O–H groups in total. The van der Waals surface area contributed by atoms with Gasteiger partial charge in [0.1, 0.15) is 12.2 Å². The number of rotatable bonds is 9. The molecule has 1 aliphatic heterocycles. The fourth-order valence-electron chi connectivity index (χ4n) is 4.22. The zero-order valence-corrected chi connectivity index (χ0v) is 20.4. The van der Waals surface area contributed by atoms with Gasteiger partial charge >= 0.3 is 0 Å². The SMILES string of the molecule is COc1cc([C@H]2OC(c3ccccc3)O[C@@H]2c2cc(OC)c(OC)cc2[N+](=O)[O-])c([N+](=O)[O-])cc1OC. The van der Waals surface area contributed by atoms with Gasteiger partial charge in [0.25, 0.3) is 11.4 Å². The van der Waals surface area contributed by atoms with Crippen LogP contribution >= 0.6 is 0 Å². The van der Waals surface area contributed by atoms with E-state index in [0.717, 1.165) is 0 Å². The second kappa shape index (κ2) is 10.7. The first kappa shape index (κ1) is 25.7. The fraction of sp³-hybridized carbons (Fsp3) is 0.280. The first-order valence-corrected chi connectivity index (χ1v) is 11.0. The van der Waals surface area contributed by atoms with Crippen molar-refractivity contribution in [2.24, 2.45) is 0 Å². The molecule has 194 valence electrons. The number of nitro groups is 2. The van der Waals surface area contributed by atoms with Gasteiger partial charge in [-0.2, -0.15) is 0 Å². The summed E-state index contributed by atoms with van der Waals surface area (Å²) < 4.78 is 33.6. The number of ether oxygens (including phenoxy) is 6. The van der Waals surface area contributed by atoms with Crippen molar-refractivity contribution in [1.82, 2.24) is 0 Å². The summed E-state index contributed by atoms with van der Waals surface area (Å²) in [7, 11) is 5.50. The summed E-state index contributed by atoms with van der Waals surface area (Å²) in [5.74, 6) is 0.723. The zero-order chi connectivity index (χ0) is 26.7. The van der Waals surface area contributed by atoms with Gasteiger partial charge in [0.2, 0.25) is 0 Å². The van der Waals surface area contributed by atoms with Crippen molar-refractivity contribution in [3.63, 3.8) is 0 Å². The van der Waals surface area contributed by atoms with Crippen molar-refractivity contribution < 1.29 is 38.3 Å². The summed E-state index contributed by atoms with van der Waals surface area (Å²) in [5.41, 5.74) is 0.160. The minimum atomic E-state index is -1.14. The highest BCUT2D eigenvalue weighted by Crippen LogP contribution is 2.54. The Bertz CT molecular complexity index is 1230. The molecule has 0 unspecified atom stereocenters. The third kappa shape index (κ3) is 4.84. The van der Waals surface area contributed by atoms with E-state index in [9.17, 15) is 20.2 Å². The molecule has 0 radical (unpaired) electrons. The highest BCUT2D eigenvalue weighted by atomic mass is 16.7. The number of benzene rings is 3. The van der Waals surface area contributed by atoms with Gasteiger partial charge in [0.05, 0.1) is 61.5 Å². The number of nitrogens with zero attached hydrogens (tertiary/aromatic N) is 2. The molecular formula is C25H24N2O10. The van der Waals surface area contributed by atoms with Gasteiger partial charge in [0.15, 0.2) is 29.3 Å². The second-order valence-corrected chi connectivity index (χ2v) is 7.90. The first-order valence-electron chi connectivity index (χ1n) is 11.0. The van der Waals surface area contributed by atoms with E-state index in [0.29, 0.717) is 5.56 Å². The van der Waals surface area contributed by atoms with Crippen molar-refractivity contribution in [2.45, 2.75) is 18.5 Å². The molecule has 0 spiro atoms. The van der Waals surface area contributed by atoms with Crippen LogP contribution in [0.25, 0.3) is 0 Å². The molecule has 4 rings (SSSR count). The summed E-state index contributed by atoms with van der Waals surface area (Å²) in [4.78, 5) is 23.0. The standard InChI is InChI=1S/C25H24N2O10/c1-32-19-10-15(17(26(28)29)12-21(19)34-3)23-24(37-25(36-23)14-8-6-5-7-9-14)16-11-20(33-2)22(35-4)13-18(16)27(30)31/h5-13,23-25H,1-4H3/t23-,24-/m1/s1. The maximum absolute atomic E-state index is 12.1. The third-order valence-electron chi connectivity index (χ3n) is 5.96. The Balaban J connectivity index is 1.95. The van der Waals surface area contributed by atoms with Crippen LogP contribution in [0.15, 0.2) is 54.6 Å². The van der Waals surface area contributed by atoms with Gasteiger partial charge in [-0.25, -0.2) is 0 Å². The van der Waals surface area contributed by atoms with E-state index in [-0.39, 0.29) is 45.5 Å². The molecule has 0 bridgehead atoms. The van der Waals surface area contributed by atoms with E-state index in [1.807, 2.05) is 6.07 Å². The Hall–Kier alpha value is -4.42. The molecule has 1 saturated heterocycles. The Labute approximate surface area is 211 Å². The topological polar surface area (TPSA) is 142 Å². The summed E-state index contributed by atoms with van der Waals surface area (Å²) >= 11 is 0. The Morgan fingerprint density at radius 1 is 0.649 bits per heavy atom. The molecule has 1 aliphatic rings. The maximum Gasteiger partial charge on any atom is 0.279 e. The normalized spacial score (nSPS) is 17.3. The van der Waals surface area contributed by atoms with E-state index >= 15 is 0 Å². The lowest BCUT2D eigenvalue weighted by atomic mass is 9.95. The molecule has 37 heavy (non-hydrogen) atoms. The lowest BCUT2D eigenvalue weighted by Crippen LogP contribution is -2.12. The van der Waals surface area contributed by atoms with Crippen LogP contribution in [0.2, 0.25) is 0 Å². The van der Waals surface area contributed by atoms with Crippen LogP contribution in [0, 0.1) is 20.2 Å². The largest absolute Gasteiger partial charge is 0.493 e. The van der Waals surface area contributed by atoms with Crippen molar-refractivity contribution >= 4 is 11.4 Å². The third-order valence-corrected chi connectivity index (χ3v) is 5.96. The van der Waals surface area contributed by atoms with E-state index in [1.54, 1.807) is 24.3 Å². The molecule has 1 fully saturated rings. The van der Waals surface area contributed by atoms with E-state index in [4.69, 9.17) is 28.4 Å². The van der Waals surface area contributed by atoms with Crippen molar-refractivity contribution in [2.75, 3.05) is 28.4 Å². The highest BCUT2D eigenvalue weighted by molar-refractivity contribution is 5.59. The van der Waals surface area contributed by atoms with Crippen LogP contribution in [-0.4, -0.2) is 38.3 Å². The molecule has 12 heteroatoms. The van der Waals surface area contributed by atoms with Gasteiger partial charge < -0.3 is 28.4 Å². The predicted molar refractivity (Wildman–Crippen MR) is 129 cm³/mol. The number of methoxy groups -OCH3 is 4. The second-order valence-electron chi connectivity index (χ2n) is 7.90. The highest BCUT2D eigenvalue weighted by Gasteiger charge is 2.45. The summed E-state index contributed by atoms with van der Waals surface area (Å²) in [6.07, 6.45) is -3.25. The molecule has 12 nitrogen and oxygen atoms in total. The minimum Gasteiger partial charge on any atom is -0.493 e. The summed E-state index contributed by atoms with van der Waals surface area (Å²) in [5, 5.41) is 24.1. The number of hydrogen-bond acceptors (Lipinski definition) is 10. The molecular weight excluding hydrogens is 488 g/mol. The van der Waals surface area contributed by atoms with Crippen LogP contribution in [0.1, 0.15) is 35.2 Å². The monoisotopic (exact) mass is 512 g/mol. The average molecular weight is 512 g/mol. The van der Waals surface area contributed by atoms with Gasteiger partial charge in [-0.05, 0) is 12.1 Å². The molecule has 0 amide bonds. The Kier molecular flexibility index (Phi) is 7.41. The van der Waals surface area contributed by atoms with Crippen LogP contribution < -0.4 is 18.9 Å². The van der Waals surface area contributed by atoms with Crippen LogP contribution in [0.4, 0.5) is 11.4 Å². The molecule has 3 aromatic carbocycles. The van der Waals surface area contributed by atoms with E-state index < -0.39 is 28.3 Å². The number of nitro benzene ring substituents is 2. The van der Waals surface area contributed by atoms with Crippen LogP contribution in [0.3, 0.4) is 0 Å². The quantitative estimate of drug-likeness (QED) is 0.282. The van der Waals surface area contributed by atoms with Crippen LogP contribution in [0.5, 0.6) is 23.0 Å². The molecule has 3 aromatic rings. The maximum atomic E-state index is 12.1. The van der Waals surface area contributed by atoms with Crippen molar-refractivity contribution in [1.29, 1.82) is 0 Å². The van der Waals surface area contributed by atoms with Crippen LogP contribution in [-0.2, 0) is 9.47 Å². The van der Waals surface area contributed by atoms with Gasteiger partial charge in [-0.15, -0.1) is 0 Å². The Morgan fingerprint density at radius 2 is 1.03 bits per heavy atom. The van der Waals surface area contributed by atoms with Gasteiger partial charge in [-0.1, -0.05) is 30.3 Å². The molecule has 2 atom stereocenters. The Morgan fingerprint density at radius 3 is 1.38 bits per heavy atom. The van der Waals surface area contributed by atoms with E-state index in [2.05, 4.69) is 0 Å². The smallest absolute Gasteiger partial charge is 0.279 e. The molecule has 0 aromatic heterocycles.